The maximum atomic E-state index is 6.11. The van der Waals surface area contributed by atoms with E-state index in [0.717, 1.165) is 59.5 Å². The van der Waals surface area contributed by atoms with E-state index < -0.39 is 0 Å². The van der Waals surface area contributed by atoms with Crippen LogP contribution in [0.3, 0.4) is 0 Å². The fourth-order valence-electron chi connectivity index (χ4n) is 3.64. The van der Waals surface area contributed by atoms with Gasteiger partial charge in [0.05, 0.1) is 30.6 Å². The van der Waals surface area contributed by atoms with E-state index in [2.05, 4.69) is 22.0 Å². The molecule has 0 saturated carbocycles. The Kier molecular flexibility index (Phi) is 4.74. The monoisotopic (exact) mass is 370 g/mol. The molecule has 26 heavy (non-hydrogen) atoms. The Morgan fingerprint density at radius 3 is 2.73 bits per heavy atom. The second kappa shape index (κ2) is 7.17. The standard InChI is InChI=1S/C20H23ClN4O/c1-26-16-5-6-17-18(12-16)25-20(7-9-22-10-8-20)19(24-17)23-13-14-3-2-4-15(21)11-14/h2-6,11-12,22,25H,7-10,13H2,1H3,(H,23,24). The van der Waals surface area contributed by atoms with Crippen LogP contribution in [0.5, 0.6) is 5.75 Å². The van der Waals surface area contributed by atoms with E-state index in [9.17, 15) is 0 Å². The largest absolute Gasteiger partial charge is 0.497 e. The number of nitrogens with zero attached hydrogens (tertiary/aromatic N) is 1. The van der Waals surface area contributed by atoms with Crippen LogP contribution >= 0.6 is 11.6 Å². The summed E-state index contributed by atoms with van der Waals surface area (Å²) in [5.74, 6) is 1.85. The van der Waals surface area contributed by atoms with Crippen molar-refractivity contribution in [1.82, 2.24) is 5.32 Å². The highest BCUT2D eigenvalue weighted by atomic mass is 35.5. The lowest BCUT2D eigenvalue weighted by Crippen LogP contribution is -2.57. The van der Waals surface area contributed by atoms with Gasteiger partial charge in [-0.2, -0.15) is 0 Å². The Hall–Kier alpha value is -2.24. The second-order valence-corrected chi connectivity index (χ2v) is 7.22. The number of anilines is 2. The number of fused-ring (bicyclic) bond motifs is 1. The molecule has 2 aliphatic rings. The average molecular weight is 371 g/mol. The Balaban J connectivity index is 1.67. The van der Waals surface area contributed by atoms with Gasteiger partial charge in [0.25, 0.3) is 0 Å². The fourth-order valence-corrected chi connectivity index (χ4v) is 3.85. The van der Waals surface area contributed by atoms with Crippen LogP contribution in [0, 0.1) is 0 Å². The smallest absolute Gasteiger partial charge is 0.127 e. The zero-order valence-electron chi connectivity index (χ0n) is 14.8. The van der Waals surface area contributed by atoms with Crippen LogP contribution in [-0.4, -0.2) is 31.6 Å². The molecule has 1 spiro atoms. The lowest BCUT2D eigenvalue weighted by atomic mass is 9.84. The van der Waals surface area contributed by atoms with Gasteiger partial charge in [0.15, 0.2) is 0 Å². The van der Waals surface area contributed by atoms with Crippen LogP contribution in [0.25, 0.3) is 0 Å². The van der Waals surface area contributed by atoms with Crippen molar-refractivity contribution in [1.29, 1.82) is 0 Å². The molecule has 0 unspecified atom stereocenters. The van der Waals surface area contributed by atoms with Gasteiger partial charge in [-0.3, -0.25) is 4.99 Å². The van der Waals surface area contributed by atoms with Crippen molar-refractivity contribution in [2.24, 2.45) is 4.99 Å². The molecule has 5 nitrogen and oxygen atoms in total. The predicted molar refractivity (Wildman–Crippen MR) is 108 cm³/mol. The minimum absolute atomic E-state index is 0.177. The number of hydrogen-bond acceptors (Lipinski definition) is 4. The zero-order valence-corrected chi connectivity index (χ0v) is 15.6. The number of hydrogen-bond donors (Lipinski definition) is 3. The number of amidine groups is 1. The van der Waals surface area contributed by atoms with E-state index in [1.54, 1.807) is 7.11 Å². The van der Waals surface area contributed by atoms with Gasteiger partial charge in [-0.1, -0.05) is 23.7 Å². The van der Waals surface area contributed by atoms with E-state index in [1.165, 1.54) is 0 Å². The van der Waals surface area contributed by atoms with Crippen molar-refractivity contribution in [3.63, 3.8) is 0 Å². The maximum Gasteiger partial charge on any atom is 0.127 e. The molecule has 0 atom stereocenters. The maximum absolute atomic E-state index is 6.11. The van der Waals surface area contributed by atoms with Crippen molar-refractivity contribution in [2.75, 3.05) is 30.8 Å². The van der Waals surface area contributed by atoms with Crippen LogP contribution in [0.1, 0.15) is 18.4 Å². The first-order chi connectivity index (χ1) is 12.7. The molecule has 3 N–H and O–H groups in total. The minimum Gasteiger partial charge on any atom is -0.497 e. The van der Waals surface area contributed by atoms with Gasteiger partial charge in [0.1, 0.15) is 11.6 Å². The number of methoxy groups -OCH3 is 1. The average Bonchev–Trinajstić information content (AvgIpc) is 2.66. The first-order valence-corrected chi connectivity index (χ1v) is 9.30. The second-order valence-electron chi connectivity index (χ2n) is 6.79. The molecule has 0 bridgehead atoms. The highest BCUT2D eigenvalue weighted by Crippen LogP contribution is 2.38. The molecule has 4 rings (SSSR count). The van der Waals surface area contributed by atoms with Crippen LogP contribution in [0.15, 0.2) is 47.5 Å². The van der Waals surface area contributed by atoms with Crippen LogP contribution in [0.4, 0.5) is 11.4 Å². The summed E-state index contributed by atoms with van der Waals surface area (Å²) in [5.41, 5.74) is 3.02. The van der Waals surface area contributed by atoms with Gasteiger partial charge >= 0.3 is 0 Å². The molecule has 6 heteroatoms. The molecule has 0 aliphatic carbocycles. The van der Waals surface area contributed by atoms with E-state index in [0.29, 0.717) is 6.54 Å². The number of piperidine rings is 1. The number of aliphatic imine (C=N–C) groups is 1. The number of ether oxygens (including phenoxy) is 1. The van der Waals surface area contributed by atoms with Gasteiger partial charge in [0, 0.05) is 11.1 Å². The fraction of sp³-hybridized carbons (Fsp3) is 0.350. The van der Waals surface area contributed by atoms with E-state index in [1.807, 2.05) is 36.4 Å². The number of rotatable bonds is 3. The SMILES string of the molecule is COc1ccc2c(c1)NC1(CCNCC1)C(=NCc1cccc(Cl)c1)N2. The summed E-state index contributed by atoms with van der Waals surface area (Å²) in [4.78, 5) is 4.94. The molecule has 0 radical (unpaired) electrons. The summed E-state index contributed by atoms with van der Waals surface area (Å²) in [6.45, 7) is 2.53. The third-order valence-corrected chi connectivity index (χ3v) is 5.31. The molecule has 0 aromatic heterocycles. The van der Waals surface area contributed by atoms with Crippen molar-refractivity contribution >= 4 is 28.8 Å². The minimum atomic E-state index is -0.177. The van der Waals surface area contributed by atoms with Crippen molar-refractivity contribution in [3.8, 4) is 5.75 Å². The number of halogens is 1. The summed E-state index contributed by atoms with van der Waals surface area (Å²) < 4.78 is 5.38. The molecular weight excluding hydrogens is 348 g/mol. The molecule has 0 amide bonds. The molecule has 2 aromatic rings. The third kappa shape index (κ3) is 3.37. The topological polar surface area (TPSA) is 57.7 Å². The number of benzene rings is 2. The van der Waals surface area contributed by atoms with Gasteiger partial charge in [-0.05, 0) is 55.8 Å². The van der Waals surface area contributed by atoms with Gasteiger partial charge in [-0.25, -0.2) is 0 Å². The van der Waals surface area contributed by atoms with E-state index in [4.69, 9.17) is 21.3 Å². The number of nitrogens with one attached hydrogen (secondary N) is 3. The van der Waals surface area contributed by atoms with Crippen LogP contribution < -0.4 is 20.7 Å². The molecule has 1 fully saturated rings. The lowest BCUT2D eigenvalue weighted by Gasteiger charge is -2.44. The normalized spacial score (nSPS) is 19.5. The quantitative estimate of drug-likeness (QED) is 0.766. The van der Waals surface area contributed by atoms with Crippen molar-refractivity contribution in [3.05, 3.63) is 53.1 Å². The molecule has 136 valence electrons. The zero-order chi connectivity index (χ0) is 18.0. The first-order valence-electron chi connectivity index (χ1n) is 8.92. The highest BCUT2D eigenvalue weighted by molar-refractivity contribution is 6.30. The molecule has 1 saturated heterocycles. The Bertz CT molecular complexity index is 830. The van der Waals surface area contributed by atoms with Gasteiger partial charge < -0.3 is 20.7 Å². The molecule has 2 aliphatic heterocycles. The van der Waals surface area contributed by atoms with Crippen molar-refractivity contribution in [2.45, 2.75) is 24.9 Å². The lowest BCUT2D eigenvalue weighted by molar-refractivity contribution is 0.411. The molecular formula is C20H23ClN4O. The van der Waals surface area contributed by atoms with E-state index >= 15 is 0 Å². The van der Waals surface area contributed by atoms with Gasteiger partial charge in [-0.15, -0.1) is 0 Å². The Morgan fingerprint density at radius 1 is 1.12 bits per heavy atom. The van der Waals surface area contributed by atoms with Crippen LogP contribution in [-0.2, 0) is 6.54 Å². The van der Waals surface area contributed by atoms with Crippen molar-refractivity contribution < 1.29 is 4.74 Å². The molecule has 2 aromatic carbocycles. The third-order valence-electron chi connectivity index (χ3n) is 5.07. The summed E-state index contributed by atoms with van der Waals surface area (Å²) in [5, 5.41) is 11.5. The predicted octanol–water partition coefficient (Wildman–Crippen LogP) is 3.91. The first kappa shape index (κ1) is 17.2. The summed E-state index contributed by atoms with van der Waals surface area (Å²) >= 11 is 6.11. The Morgan fingerprint density at radius 2 is 1.96 bits per heavy atom. The summed E-state index contributed by atoms with van der Waals surface area (Å²) in [7, 11) is 1.69. The summed E-state index contributed by atoms with van der Waals surface area (Å²) in [6, 6.07) is 13.9. The van der Waals surface area contributed by atoms with Crippen LogP contribution in [0.2, 0.25) is 5.02 Å². The highest BCUT2D eigenvalue weighted by Gasteiger charge is 2.40. The Labute approximate surface area is 158 Å². The van der Waals surface area contributed by atoms with Gasteiger partial charge in [0.2, 0.25) is 0 Å². The van der Waals surface area contributed by atoms with E-state index in [-0.39, 0.29) is 5.54 Å². The summed E-state index contributed by atoms with van der Waals surface area (Å²) in [6.07, 6.45) is 1.95. The molecule has 2 heterocycles.